The lowest BCUT2D eigenvalue weighted by molar-refractivity contribution is -0.114. The Morgan fingerprint density at radius 1 is 1.33 bits per heavy atom. The van der Waals surface area contributed by atoms with Crippen molar-refractivity contribution >= 4 is 39.1 Å². The van der Waals surface area contributed by atoms with E-state index in [1.54, 1.807) is 29.5 Å². The van der Waals surface area contributed by atoms with Gasteiger partial charge in [-0.25, -0.2) is 9.78 Å². The number of esters is 1. The molecule has 0 unspecified atom stereocenters. The van der Waals surface area contributed by atoms with Crippen molar-refractivity contribution in [1.82, 2.24) is 9.97 Å². The van der Waals surface area contributed by atoms with E-state index in [0.29, 0.717) is 27.3 Å². The van der Waals surface area contributed by atoms with Crippen molar-refractivity contribution < 1.29 is 14.3 Å². The van der Waals surface area contributed by atoms with Crippen LogP contribution >= 0.6 is 11.3 Å². The number of nitrogens with one attached hydrogen (secondary N) is 2. The second-order valence-electron chi connectivity index (χ2n) is 6.39. The van der Waals surface area contributed by atoms with E-state index < -0.39 is 5.97 Å². The number of anilines is 1. The number of nitrogens with zero attached hydrogens (tertiary/aromatic N) is 1. The summed E-state index contributed by atoms with van der Waals surface area (Å²) in [5, 5.41) is 3.29. The predicted molar refractivity (Wildman–Crippen MR) is 102 cm³/mol. The van der Waals surface area contributed by atoms with Crippen molar-refractivity contribution in [2.45, 2.75) is 32.8 Å². The SMILES string of the molecule is CC(=O)Nc1cccc(C(=O)OCc2nc3sc4c(c3c(=O)[nH]2)CCC4)c1. The van der Waals surface area contributed by atoms with E-state index in [9.17, 15) is 14.4 Å². The van der Waals surface area contributed by atoms with E-state index in [-0.39, 0.29) is 18.1 Å². The monoisotopic (exact) mass is 383 g/mol. The number of carbonyl (C=O) groups is 2. The first-order valence-corrected chi connectivity index (χ1v) is 9.41. The highest BCUT2D eigenvalue weighted by atomic mass is 32.1. The molecule has 0 saturated heterocycles. The summed E-state index contributed by atoms with van der Waals surface area (Å²) in [7, 11) is 0. The lowest BCUT2D eigenvalue weighted by atomic mass is 10.2. The van der Waals surface area contributed by atoms with Gasteiger partial charge < -0.3 is 15.0 Å². The van der Waals surface area contributed by atoms with Crippen LogP contribution in [0.3, 0.4) is 0 Å². The minimum Gasteiger partial charge on any atom is -0.454 e. The number of hydrogen-bond donors (Lipinski definition) is 2. The minimum absolute atomic E-state index is 0.128. The second-order valence-corrected chi connectivity index (χ2v) is 7.47. The van der Waals surface area contributed by atoms with Crippen molar-refractivity contribution in [3.63, 3.8) is 0 Å². The summed E-state index contributed by atoms with van der Waals surface area (Å²) in [4.78, 5) is 44.9. The molecular weight excluding hydrogens is 366 g/mol. The summed E-state index contributed by atoms with van der Waals surface area (Å²) in [6, 6.07) is 6.46. The normalized spacial score (nSPS) is 12.8. The van der Waals surface area contributed by atoms with Gasteiger partial charge in [0, 0.05) is 17.5 Å². The van der Waals surface area contributed by atoms with Crippen LogP contribution in [0.1, 0.15) is 40.0 Å². The summed E-state index contributed by atoms with van der Waals surface area (Å²) in [5.74, 6) is -0.462. The average Bonchev–Trinajstić information content (AvgIpc) is 3.20. The van der Waals surface area contributed by atoms with E-state index in [1.165, 1.54) is 17.9 Å². The van der Waals surface area contributed by atoms with Crippen molar-refractivity contribution in [2.24, 2.45) is 0 Å². The number of aryl methyl sites for hydroxylation is 2. The van der Waals surface area contributed by atoms with Crippen LogP contribution in [0.2, 0.25) is 0 Å². The van der Waals surface area contributed by atoms with E-state index in [1.807, 2.05) is 0 Å². The van der Waals surface area contributed by atoms with Crippen molar-refractivity contribution in [3.8, 4) is 0 Å². The number of carbonyl (C=O) groups excluding carboxylic acids is 2. The van der Waals surface area contributed by atoms with Crippen LogP contribution in [0.4, 0.5) is 5.69 Å². The Kier molecular flexibility index (Phi) is 4.49. The van der Waals surface area contributed by atoms with Gasteiger partial charge in [-0.2, -0.15) is 0 Å². The molecule has 1 amide bonds. The zero-order chi connectivity index (χ0) is 19.0. The highest BCUT2D eigenvalue weighted by molar-refractivity contribution is 7.18. The molecule has 1 aliphatic carbocycles. The van der Waals surface area contributed by atoms with Gasteiger partial charge in [0.2, 0.25) is 5.91 Å². The fraction of sp³-hybridized carbons (Fsp3) is 0.263. The Labute approximate surface area is 158 Å². The molecule has 1 aromatic carbocycles. The maximum absolute atomic E-state index is 12.4. The molecule has 0 bridgehead atoms. The van der Waals surface area contributed by atoms with Gasteiger partial charge in [0.15, 0.2) is 0 Å². The molecule has 7 nitrogen and oxygen atoms in total. The maximum atomic E-state index is 12.4. The molecule has 0 radical (unpaired) electrons. The van der Waals surface area contributed by atoms with E-state index in [4.69, 9.17) is 4.74 Å². The van der Waals surface area contributed by atoms with Gasteiger partial charge >= 0.3 is 5.97 Å². The quantitative estimate of drug-likeness (QED) is 0.675. The molecule has 2 aromatic heterocycles. The first-order chi connectivity index (χ1) is 13.0. The lowest BCUT2D eigenvalue weighted by Crippen LogP contribution is -2.14. The predicted octanol–water partition coefficient (Wildman–Crippen LogP) is 2.79. The molecule has 3 aromatic rings. The average molecular weight is 383 g/mol. The van der Waals surface area contributed by atoms with Crippen LogP contribution in [0, 0.1) is 0 Å². The van der Waals surface area contributed by atoms with Crippen molar-refractivity contribution in [2.75, 3.05) is 5.32 Å². The van der Waals surface area contributed by atoms with Crippen molar-refractivity contribution in [3.05, 3.63) is 56.4 Å². The number of amides is 1. The summed E-state index contributed by atoms with van der Waals surface area (Å²) >= 11 is 1.54. The number of aromatic nitrogens is 2. The van der Waals surface area contributed by atoms with E-state index in [0.717, 1.165) is 24.8 Å². The van der Waals surface area contributed by atoms with Crippen LogP contribution in [0.15, 0.2) is 29.1 Å². The molecular formula is C19H17N3O4S. The number of rotatable bonds is 4. The van der Waals surface area contributed by atoms with Gasteiger partial charge in [0.05, 0.1) is 10.9 Å². The number of H-pyrrole nitrogens is 1. The van der Waals surface area contributed by atoms with E-state index in [2.05, 4.69) is 15.3 Å². The summed E-state index contributed by atoms with van der Waals surface area (Å²) in [6.45, 7) is 1.26. The fourth-order valence-electron chi connectivity index (χ4n) is 3.26. The molecule has 2 heterocycles. The van der Waals surface area contributed by atoms with Crippen LogP contribution in [-0.4, -0.2) is 21.8 Å². The molecule has 1 aliphatic rings. The summed E-state index contributed by atoms with van der Waals surface area (Å²) in [5.41, 5.74) is 1.75. The topological polar surface area (TPSA) is 101 Å². The van der Waals surface area contributed by atoms with Gasteiger partial charge in [-0.1, -0.05) is 6.07 Å². The molecule has 138 valence electrons. The van der Waals surface area contributed by atoms with Gasteiger partial charge in [-0.05, 0) is 43.0 Å². The Morgan fingerprint density at radius 2 is 2.19 bits per heavy atom. The van der Waals surface area contributed by atoms with Gasteiger partial charge in [0.25, 0.3) is 5.56 Å². The zero-order valence-electron chi connectivity index (χ0n) is 14.6. The number of benzene rings is 1. The molecule has 0 fully saturated rings. The highest BCUT2D eigenvalue weighted by Gasteiger charge is 2.21. The van der Waals surface area contributed by atoms with Crippen LogP contribution in [-0.2, 0) is 29.0 Å². The number of hydrogen-bond acceptors (Lipinski definition) is 6. The molecule has 27 heavy (non-hydrogen) atoms. The number of aromatic amines is 1. The smallest absolute Gasteiger partial charge is 0.338 e. The molecule has 0 atom stereocenters. The van der Waals surface area contributed by atoms with Crippen LogP contribution in [0.5, 0.6) is 0 Å². The van der Waals surface area contributed by atoms with Crippen molar-refractivity contribution in [1.29, 1.82) is 0 Å². The molecule has 0 aliphatic heterocycles. The Hall–Kier alpha value is -3.00. The number of fused-ring (bicyclic) bond motifs is 3. The first kappa shape index (κ1) is 17.4. The third kappa shape index (κ3) is 3.48. The molecule has 8 heteroatoms. The number of thiophene rings is 1. The third-order valence-electron chi connectivity index (χ3n) is 4.38. The first-order valence-electron chi connectivity index (χ1n) is 8.59. The van der Waals surface area contributed by atoms with Gasteiger partial charge in [0.1, 0.15) is 17.3 Å². The maximum Gasteiger partial charge on any atom is 0.338 e. The molecule has 2 N–H and O–H groups in total. The van der Waals surface area contributed by atoms with Gasteiger partial charge in [-0.3, -0.25) is 9.59 Å². The highest BCUT2D eigenvalue weighted by Crippen LogP contribution is 2.34. The molecule has 4 rings (SSSR count). The third-order valence-corrected chi connectivity index (χ3v) is 5.57. The van der Waals surface area contributed by atoms with Crippen LogP contribution in [0.25, 0.3) is 10.2 Å². The largest absolute Gasteiger partial charge is 0.454 e. The number of ether oxygens (including phenoxy) is 1. The Bertz CT molecular complexity index is 1120. The zero-order valence-corrected chi connectivity index (χ0v) is 15.4. The lowest BCUT2D eigenvalue weighted by Gasteiger charge is -2.07. The Balaban J connectivity index is 1.51. The summed E-state index contributed by atoms with van der Waals surface area (Å²) < 4.78 is 5.28. The standard InChI is InChI=1S/C19H17N3O4S/c1-10(23)20-12-5-2-4-11(8-12)19(25)26-9-15-21-17(24)16-13-6-3-7-14(13)27-18(16)22-15/h2,4-5,8H,3,6-7,9H2,1H3,(H,20,23)(H,21,22,24). The van der Waals surface area contributed by atoms with Crippen LogP contribution < -0.4 is 10.9 Å². The van der Waals surface area contributed by atoms with Gasteiger partial charge in [-0.15, -0.1) is 11.3 Å². The second kappa shape index (κ2) is 6.96. The molecule has 0 spiro atoms. The molecule has 0 saturated carbocycles. The fourth-order valence-corrected chi connectivity index (χ4v) is 4.54. The summed E-state index contributed by atoms with van der Waals surface area (Å²) in [6.07, 6.45) is 2.98. The Morgan fingerprint density at radius 3 is 3.00 bits per heavy atom. The minimum atomic E-state index is -0.557. The van der Waals surface area contributed by atoms with E-state index >= 15 is 0 Å².